The van der Waals surface area contributed by atoms with Gasteiger partial charge in [0.05, 0.1) is 6.42 Å². The van der Waals surface area contributed by atoms with E-state index in [4.69, 9.17) is 9.84 Å². The first-order valence-corrected chi connectivity index (χ1v) is 7.15. The number of nitrogens with zero attached hydrogens (tertiary/aromatic N) is 1. The number of rotatable bonds is 4. The van der Waals surface area contributed by atoms with Crippen molar-refractivity contribution < 1.29 is 19.4 Å². The Morgan fingerprint density at radius 1 is 1.40 bits per heavy atom. The fraction of sp³-hybridized carbons (Fsp3) is 0.857. The van der Waals surface area contributed by atoms with Crippen molar-refractivity contribution in [1.82, 2.24) is 10.2 Å². The van der Waals surface area contributed by atoms with Crippen LogP contribution >= 0.6 is 0 Å². The SMILES string of the molecule is CCN1CCC(NC(=O)OC(C)(C)C)C(CC(=O)O)C1. The van der Waals surface area contributed by atoms with Gasteiger partial charge in [0.15, 0.2) is 0 Å². The first kappa shape index (κ1) is 16.8. The molecule has 6 nitrogen and oxygen atoms in total. The van der Waals surface area contributed by atoms with Crippen LogP contribution in [0, 0.1) is 5.92 Å². The molecule has 20 heavy (non-hydrogen) atoms. The molecule has 1 fully saturated rings. The minimum atomic E-state index is -0.830. The van der Waals surface area contributed by atoms with Crippen LogP contribution in [0.2, 0.25) is 0 Å². The summed E-state index contributed by atoms with van der Waals surface area (Å²) >= 11 is 0. The predicted octanol–water partition coefficient (Wildman–Crippen LogP) is 1.70. The van der Waals surface area contributed by atoms with E-state index < -0.39 is 17.7 Å². The van der Waals surface area contributed by atoms with E-state index in [1.807, 2.05) is 0 Å². The minimum absolute atomic E-state index is 0.0664. The maximum absolute atomic E-state index is 11.8. The fourth-order valence-electron chi connectivity index (χ4n) is 2.47. The summed E-state index contributed by atoms with van der Waals surface area (Å²) in [5.74, 6) is -0.905. The summed E-state index contributed by atoms with van der Waals surface area (Å²) in [6, 6.07) is -0.135. The molecule has 2 N–H and O–H groups in total. The fourth-order valence-corrected chi connectivity index (χ4v) is 2.47. The van der Waals surface area contributed by atoms with E-state index in [1.54, 1.807) is 20.8 Å². The summed E-state index contributed by atoms with van der Waals surface area (Å²) in [7, 11) is 0. The van der Waals surface area contributed by atoms with E-state index in [0.29, 0.717) is 6.54 Å². The van der Waals surface area contributed by atoms with Crippen molar-refractivity contribution in [2.75, 3.05) is 19.6 Å². The molecule has 0 aliphatic carbocycles. The number of likely N-dealkylation sites (tertiary alicyclic amines) is 1. The second kappa shape index (κ2) is 6.92. The van der Waals surface area contributed by atoms with Crippen LogP contribution in [0.15, 0.2) is 0 Å². The van der Waals surface area contributed by atoms with Crippen LogP contribution in [0.3, 0.4) is 0 Å². The molecule has 0 radical (unpaired) electrons. The molecule has 0 aromatic carbocycles. The smallest absolute Gasteiger partial charge is 0.407 e. The maximum Gasteiger partial charge on any atom is 0.407 e. The van der Waals surface area contributed by atoms with Crippen molar-refractivity contribution in [3.8, 4) is 0 Å². The molecule has 0 aromatic rings. The lowest BCUT2D eigenvalue weighted by atomic mass is 9.89. The van der Waals surface area contributed by atoms with E-state index in [-0.39, 0.29) is 18.4 Å². The molecule has 0 saturated carbocycles. The van der Waals surface area contributed by atoms with Crippen molar-refractivity contribution in [2.45, 2.75) is 52.2 Å². The minimum Gasteiger partial charge on any atom is -0.481 e. The molecule has 1 heterocycles. The second-order valence-electron chi connectivity index (χ2n) is 6.29. The van der Waals surface area contributed by atoms with Crippen molar-refractivity contribution >= 4 is 12.1 Å². The van der Waals surface area contributed by atoms with Crippen LogP contribution in [0.5, 0.6) is 0 Å². The third-order valence-corrected chi connectivity index (χ3v) is 3.40. The van der Waals surface area contributed by atoms with Gasteiger partial charge in [-0.05, 0) is 33.7 Å². The van der Waals surface area contributed by atoms with Crippen LogP contribution < -0.4 is 5.32 Å². The third kappa shape index (κ3) is 5.77. The zero-order valence-corrected chi connectivity index (χ0v) is 12.8. The third-order valence-electron chi connectivity index (χ3n) is 3.40. The zero-order chi connectivity index (χ0) is 15.3. The standard InChI is InChI=1S/C14H26N2O4/c1-5-16-7-6-11(10(9-16)8-12(17)18)15-13(19)20-14(2,3)4/h10-11H,5-9H2,1-4H3,(H,15,19)(H,17,18). The largest absolute Gasteiger partial charge is 0.481 e. The Hall–Kier alpha value is -1.30. The summed E-state index contributed by atoms with van der Waals surface area (Å²) in [5, 5.41) is 11.8. The first-order valence-electron chi connectivity index (χ1n) is 7.15. The lowest BCUT2D eigenvalue weighted by Gasteiger charge is -2.38. The molecule has 2 unspecified atom stereocenters. The summed E-state index contributed by atoms with van der Waals surface area (Å²) in [4.78, 5) is 25.0. The van der Waals surface area contributed by atoms with Crippen molar-refractivity contribution in [1.29, 1.82) is 0 Å². The number of carboxylic acid groups (broad SMARTS) is 1. The monoisotopic (exact) mass is 286 g/mol. The molecule has 1 saturated heterocycles. The Labute approximate surface area is 120 Å². The molecule has 1 aliphatic heterocycles. The maximum atomic E-state index is 11.8. The Kier molecular flexibility index (Phi) is 5.80. The number of hydrogen-bond donors (Lipinski definition) is 2. The highest BCUT2D eigenvalue weighted by atomic mass is 16.6. The zero-order valence-electron chi connectivity index (χ0n) is 12.8. The Bertz CT molecular complexity index is 352. The summed E-state index contributed by atoms with van der Waals surface area (Å²) in [6.07, 6.45) is 0.352. The number of aliphatic carboxylic acids is 1. The van der Waals surface area contributed by atoms with Gasteiger partial charge in [-0.15, -0.1) is 0 Å². The number of hydrogen-bond acceptors (Lipinski definition) is 4. The lowest BCUT2D eigenvalue weighted by molar-refractivity contribution is -0.138. The molecule has 116 valence electrons. The van der Waals surface area contributed by atoms with E-state index in [2.05, 4.69) is 17.1 Å². The van der Waals surface area contributed by atoms with Gasteiger partial charge in [-0.25, -0.2) is 4.79 Å². The quantitative estimate of drug-likeness (QED) is 0.822. The average Bonchev–Trinajstić information content (AvgIpc) is 2.28. The number of carboxylic acids is 1. The molecular formula is C14H26N2O4. The van der Waals surface area contributed by atoms with Crippen LogP contribution in [0.4, 0.5) is 4.79 Å². The van der Waals surface area contributed by atoms with Gasteiger partial charge in [0.25, 0.3) is 0 Å². The van der Waals surface area contributed by atoms with Gasteiger partial charge in [-0.1, -0.05) is 6.92 Å². The van der Waals surface area contributed by atoms with E-state index >= 15 is 0 Å². The number of nitrogens with one attached hydrogen (secondary N) is 1. The van der Waals surface area contributed by atoms with Gasteiger partial charge in [-0.2, -0.15) is 0 Å². The number of piperidine rings is 1. The van der Waals surface area contributed by atoms with Gasteiger partial charge in [0, 0.05) is 25.0 Å². The van der Waals surface area contributed by atoms with Crippen LogP contribution in [-0.4, -0.2) is 53.3 Å². The molecule has 0 spiro atoms. The molecule has 1 amide bonds. The number of ether oxygens (including phenoxy) is 1. The molecule has 1 rings (SSSR count). The summed E-state index contributed by atoms with van der Waals surface area (Å²) in [6.45, 7) is 9.94. The van der Waals surface area contributed by atoms with E-state index in [0.717, 1.165) is 19.5 Å². The molecule has 2 atom stereocenters. The second-order valence-corrected chi connectivity index (χ2v) is 6.29. The average molecular weight is 286 g/mol. The number of alkyl carbamates (subject to hydrolysis) is 1. The van der Waals surface area contributed by atoms with Gasteiger partial charge >= 0.3 is 12.1 Å². The van der Waals surface area contributed by atoms with Crippen LogP contribution in [0.25, 0.3) is 0 Å². The van der Waals surface area contributed by atoms with Crippen molar-refractivity contribution in [3.63, 3.8) is 0 Å². The topological polar surface area (TPSA) is 78.9 Å². The summed E-state index contributed by atoms with van der Waals surface area (Å²) in [5.41, 5.74) is -0.545. The molecule has 6 heteroatoms. The van der Waals surface area contributed by atoms with Crippen LogP contribution in [-0.2, 0) is 9.53 Å². The van der Waals surface area contributed by atoms with Gasteiger partial charge in [0.2, 0.25) is 0 Å². The normalized spacial score (nSPS) is 24.2. The lowest BCUT2D eigenvalue weighted by Crippen LogP contribution is -2.52. The highest BCUT2D eigenvalue weighted by molar-refractivity contribution is 5.69. The van der Waals surface area contributed by atoms with Crippen LogP contribution in [0.1, 0.15) is 40.5 Å². The van der Waals surface area contributed by atoms with Crippen molar-refractivity contribution in [3.05, 3.63) is 0 Å². The molecule has 0 bridgehead atoms. The highest BCUT2D eigenvalue weighted by Gasteiger charge is 2.32. The Morgan fingerprint density at radius 3 is 2.55 bits per heavy atom. The Balaban J connectivity index is 2.61. The van der Waals surface area contributed by atoms with E-state index in [1.165, 1.54) is 0 Å². The first-order chi connectivity index (χ1) is 9.21. The van der Waals surface area contributed by atoms with Gasteiger partial charge in [0.1, 0.15) is 5.60 Å². The highest BCUT2D eigenvalue weighted by Crippen LogP contribution is 2.21. The molecule has 0 aromatic heterocycles. The van der Waals surface area contributed by atoms with Gasteiger partial charge < -0.3 is 20.1 Å². The predicted molar refractivity (Wildman–Crippen MR) is 75.6 cm³/mol. The Morgan fingerprint density at radius 2 is 2.05 bits per heavy atom. The number of amides is 1. The summed E-state index contributed by atoms with van der Waals surface area (Å²) < 4.78 is 5.24. The van der Waals surface area contributed by atoms with Gasteiger partial charge in [-0.3, -0.25) is 4.79 Å². The number of carbonyl (C=O) groups is 2. The molecule has 1 aliphatic rings. The van der Waals surface area contributed by atoms with Crippen molar-refractivity contribution in [2.24, 2.45) is 5.92 Å². The molecular weight excluding hydrogens is 260 g/mol. The number of carbonyl (C=O) groups excluding carboxylic acids is 1. The van der Waals surface area contributed by atoms with E-state index in [9.17, 15) is 9.59 Å².